The van der Waals surface area contributed by atoms with Gasteiger partial charge >= 0.3 is 6.18 Å². The Morgan fingerprint density at radius 2 is 1.47 bits per heavy atom. The molecule has 0 spiro atoms. The number of fused-ring (bicyclic) bond motifs is 1. The van der Waals surface area contributed by atoms with Crippen LogP contribution in [0.1, 0.15) is 11.1 Å². The fraction of sp³-hybridized carbons (Fsp3) is 0.208. The van der Waals surface area contributed by atoms with E-state index in [2.05, 4.69) is 0 Å². The molecular weight excluding hydrogens is 421 g/mol. The molecule has 0 amide bonds. The highest BCUT2D eigenvalue weighted by Crippen LogP contribution is 2.42. The van der Waals surface area contributed by atoms with Gasteiger partial charge in [0.1, 0.15) is 5.82 Å². The summed E-state index contributed by atoms with van der Waals surface area (Å²) in [7, 11) is 4.51. The largest absolute Gasteiger partial charge is 0.493 e. The van der Waals surface area contributed by atoms with E-state index < -0.39 is 11.7 Å². The van der Waals surface area contributed by atoms with Crippen LogP contribution in [0.25, 0.3) is 22.4 Å². The first kappa shape index (κ1) is 21.5. The van der Waals surface area contributed by atoms with Crippen molar-refractivity contribution in [3.05, 3.63) is 71.8 Å². The Hall–Kier alpha value is -3.68. The van der Waals surface area contributed by atoms with Gasteiger partial charge in [-0.1, -0.05) is 30.3 Å². The highest BCUT2D eigenvalue weighted by Gasteiger charge is 2.33. The summed E-state index contributed by atoms with van der Waals surface area (Å²) in [5.41, 5.74) is 1.49. The van der Waals surface area contributed by atoms with Crippen LogP contribution >= 0.6 is 0 Å². The van der Waals surface area contributed by atoms with E-state index in [9.17, 15) is 13.2 Å². The monoisotopic (exact) mass is 442 g/mol. The highest BCUT2D eigenvalue weighted by atomic mass is 19.4. The van der Waals surface area contributed by atoms with Gasteiger partial charge in [0, 0.05) is 5.56 Å². The van der Waals surface area contributed by atoms with Crippen LogP contribution in [0.5, 0.6) is 17.2 Å². The van der Waals surface area contributed by atoms with Crippen molar-refractivity contribution in [3.8, 4) is 28.6 Å². The topological polar surface area (TPSA) is 45.5 Å². The van der Waals surface area contributed by atoms with Crippen molar-refractivity contribution in [1.29, 1.82) is 0 Å². The van der Waals surface area contributed by atoms with Crippen molar-refractivity contribution in [2.45, 2.75) is 12.7 Å². The zero-order valence-electron chi connectivity index (χ0n) is 17.7. The van der Waals surface area contributed by atoms with E-state index in [0.29, 0.717) is 39.7 Å². The number of alkyl halides is 3. The predicted molar refractivity (Wildman–Crippen MR) is 115 cm³/mol. The van der Waals surface area contributed by atoms with Crippen LogP contribution in [-0.4, -0.2) is 30.9 Å². The Kier molecular flexibility index (Phi) is 5.69. The van der Waals surface area contributed by atoms with Gasteiger partial charge in [0.25, 0.3) is 0 Å². The lowest BCUT2D eigenvalue weighted by atomic mass is 10.1. The number of rotatable bonds is 6. The SMILES string of the molecule is COc1cc(-c2nc3ccccc3n2Cc2ccccc2C(F)(F)F)cc(OC)c1OC. The second-order valence-corrected chi connectivity index (χ2v) is 7.08. The smallest absolute Gasteiger partial charge is 0.416 e. The van der Waals surface area contributed by atoms with E-state index in [1.165, 1.54) is 33.5 Å². The van der Waals surface area contributed by atoms with E-state index in [1.807, 2.05) is 24.3 Å². The number of nitrogens with zero attached hydrogens (tertiary/aromatic N) is 2. The van der Waals surface area contributed by atoms with Crippen LogP contribution in [0.4, 0.5) is 13.2 Å². The standard InChI is InChI=1S/C24H21F3N2O3/c1-30-20-12-16(13-21(31-2)22(20)32-3)23-28-18-10-6-7-11-19(18)29(23)14-15-8-4-5-9-17(15)24(25,26)27/h4-13H,14H2,1-3H3. The first-order chi connectivity index (χ1) is 15.4. The lowest BCUT2D eigenvalue weighted by Crippen LogP contribution is -2.12. The van der Waals surface area contributed by atoms with Crippen LogP contribution in [-0.2, 0) is 12.7 Å². The molecule has 3 aromatic carbocycles. The van der Waals surface area contributed by atoms with Crippen LogP contribution in [0, 0.1) is 0 Å². The van der Waals surface area contributed by atoms with Crippen LogP contribution in [0.15, 0.2) is 60.7 Å². The average Bonchev–Trinajstić information content (AvgIpc) is 3.16. The van der Waals surface area contributed by atoms with Crippen molar-refractivity contribution < 1.29 is 27.4 Å². The zero-order chi connectivity index (χ0) is 22.9. The predicted octanol–water partition coefficient (Wildman–Crippen LogP) is 5.80. The molecule has 1 aromatic heterocycles. The molecule has 8 heteroatoms. The summed E-state index contributed by atoms with van der Waals surface area (Å²) in [6.45, 7) is -0.0117. The molecule has 0 saturated heterocycles. The molecule has 0 atom stereocenters. The molecule has 5 nitrogen and oxygen atoms in total. The summed E-state index contributed by atoms with van der Waals surface area (Å²) < 4.78 is 58.9. The molecule has 0 aliphatic heterocycles. The molecule has 32 heavy (non-hydrogen) atoms. The van der Waals surface area contributed by atoms with Gasteiger partial charge in [0.05, 0.1) is 44.5 Å². The number of ether oxygens (including phenoxy) is 3. The third-order valence-electron chi connectivity index (χ3n) is 5.23. The summed E-state index contributed by atoms with van der Waals surface area (Å²) in [6, 6.07) is 16.3. The van der Waals surface area contributed by atoms with Crippen molar-refractivity contribution in [3.63, 3.8) is 0 Å². The number of aromatic nitrogens is 2. The number of methoxy groups -OCH3 is 3. The molecule has 0 aliphatic carbocycles. The van der Waals surface area contributed by atoms with Gasteiger partial charge in [0.2, 0.25) is 5.75 Å². The summed E-state index contributed by atoms with van der Waals surface area (Å²) in [5, 5.41) is 0. The van der Waals surface area contributed by atoms with Crippen LogP contribution < -0.4 is 14.2 Å². The normalized spacial score (nSPS) is 11.6. The van der Waals surface area contributed by atoms with Gasteiger partial charge in [-0.15, -0.1) is 0 Å². The van der Waals surface area contributed by atoms with E-state index in [-0.39, 0.29) is 12.1 Å². The number of hydrogen-bond acceptors (Lipinski definition) is 4. The van der Waals surface area contributed by atoms with Crippen LogP contribution in [0.2, 0.25) is 0 Å². The Morgan fingerprint density at radius 3 is 2.09 bits per heavy atom. The van der Waals surface area contributed by atoms with Gasteiger partial charge in [-0.3, -0.25) is 0 Å². The van der Waals surface area contributed by atoms with Gasteiger partial charge < -0.3 is 18.8 Å². The molecule has 0 saturated carbocycles. The second kappa shape index (κ2) is 8.45. The zero-order valence-corrected chi connectivity index (χ0v) is 17.7. The molecule has 0 aliphatic rings. The fourth-order valence-electron chi connectivity index (χ4n) is 3.77. The number of imidazole rings is 1. The molecule has 0 N–H and O–H groups in total. The summed E-state index contributed by atoms with van der Waals surface area (Å²) in [4.78, 5) is 4.71. The van der Waals surface area contributed by atoms with Gasteiger partial charge in [-0.25, -0.2) is 4.98 Å². The minimum Gasteiger partial charge on any atom is -0.493 e. The number of halogens is 3. The molecule has 1 heterocycles. The minimum atomic E-state index is -4.46. The van der Waals surface area contributed by atoms with Crippen molar-refractivity contribution in [1.82, 2.24) is 9.55 Å². The van der Waals surface area contributed by atoms with Crippen LogP contribution in [0.3, 0.4) is 0 Å². The molecule has 0 radical (unpaired) electrons. The minimum absolute atomic E-state index is 0.0117. The molecule has 0 fully saturated rings. The quantitative estimate of drug-likeness (QED) is 0.379. The summed E-state index contributed by atoms with van der Waals surface area (Å²) in [5.74, 6) is 1.76. The Bertz CT molecular complexity index is 1240. The molecular formula is C24H21F3N2O3. The summed E-state index contributed by atoms with van der Waals surface area (Å²) in [6.07, 6.45) is -4.46. The Labute approximate surface area is 183 Å². The van der Waals surface area contributed by atoms with E-state index in [0.717, 1.165) is 6.07 Å². The van der Waals surface area contributed by atoms with Gasteiger partial charge in [-0.2, -0.15) is 13.2 Å². The van der Waals surface area contributed by atoms with Gasteiger partial charge in [-0.05, 0) is 35.9 Å². The summed E-state index contributed by atoms with van der Waals surface area (Å²) >= 11 is 0. The fourth-order valence-corrected chi connectivity index (χ4v) is 3.77. The maximum Gasteiger partial charge on any atom is 0.416 e. The third-order valence-corrected chi connectivity index (χ3v) is 5.23. The average molecular weight is 442 g/mol. The number of para-hydroxylation sites is 2. The maximum absolute atomic E-state index is 13.6. The third kappa shape index (κ3) is 3.84. The second-order valence-electron chi connectivity index (χ2n) is 7.08. The molecule has 166 valence electrons. The number of hydrogen-bond donors (Lipinski definition) is 0. The molecule has 4 rings (SSSR count). The van der Waals surface area contributed by atoms with E-state index >= 15 is 0 Å². The highest BCUT2D eigenvalue weighted by molar-refractivity contribution is 5.82. The van der Waals surface area contributed by atoms with Gasteiger partial charge in [0.15, 0.2) is 11.5 Å². The Morgan fingerprint density at radius 1 is 0.844 bits per heavy atom. The van der Waals surface area contributed by atoms with Crippen molar-refractivity contribution in [2.75, 3.05) is 21.3 Å². The first-order valence-electron chi connectivity index (χ1n) is 9.78. The molecule has 0 bridgehead atoms. The number of benzene rings is 3. The van der Waals surface area contributed by atoms with E-state index in [4.69, 9.17) is 19.2 Å². The molecule has 0 unspecified atom stereocenters. The maximum atomic E-state index is 13.6. The van der Waals surface area contributed by atoms with Crippen molar-refractivity contribution in [2.24, 2.45) is 0 Å². The first-order valence-corrected chi connectivity index (χ1v) is 9.78. The van der Waals surface area contributed by atoms with Crippen molar-refractivity contribution >= 4 is 11.0 Å². The molecule has 4 aromatic rings. The lowest BCUT2D eigenvalue weighted by Gasteiger charge is -2.17. The Balaban J connectivity index is 1.94. The van der Waals surface area contributed by atoms with E-state index in [1.54, 1.807) is 22.8 Å². The lowest BCUT2D eigenvalue weighted by molar-refractivity contribution is -0.138.